The van der Waals surface area contributed by atoms with Crippen molar-refractivity contribution in [3.05, 3.63) is 23.8 Å². The van der Waals surface area contributed by atoms with E-state index in [4.69, 9.17) is 17.2 Å². The average Bonchev–Trinajstić information content (AvgIpc) is 2.14. The van der Waals surface area contributed by atoms with Gasteiger partial charge in [-0.05, 0) is 37.7 Å². The lowest BCUT2D eigenvalue weighted by Gasteiger charge is -2.23. The number of nitrogens with two attached hydrogens (primary N) is 3. The van der Waals surface area contributed by atoms with Crippen LogP contribution in [0.2, 0.25) is 0 Å². The molecule has 0 spiro atoms. The Balaban J connectivity index is 2.94. The van der Waals surface area contributed by atoms with Gasteiger partial charge < -0.3 is 17.2 Å². The third-order valence-electron chi connectivity index (χ3n) is 2.43. The highest BCUT2D eigenvalue weighted by Gasteiger charge is 2.10. The number of nitrogen functional groups attached to an aromatic ring is 2. The Morgan fingerprint density at radius 2 is 1.71 bits per heavy atom. The van der Waals surface area contributed by atoms with Gasteiger partial charge in [0, 0.05) is 24.1 Å². The van der Waals surface area contributed by atoms with Crippen LogP contribution in [-0.2, 0) is 0 Å². The van der Waals surface area contributed by atoms with Crippen molar-refractivity contribution >= 4 is 11.4 Å². The van der Waals surface area contributed by atoms with E-state index < -0.39 is 0 Å². The van der Waals surface area contributed by atoms with Gasteiger partial charge in [-0.15, -0.1) is 0 Å². The molecule has 14 heavy (non-hydrogen) atoms. The maximum Gasteiger partial charge on any atom is 0.0457 e. The van der Waals surface area contributed by atoms with Gasteiger partial charge in [0.1, 0.15) is 0 Å². The number of nitrogens with zero attached hydrogens (tertiary/aromatic N) is 1. The van der Waals surface area contributed by atoms with Crippen molar-refractivity contribution < 1.29 is 0 Å². The van der Waals surface area contributed by atoms with Crippen LogP contribution in [-0.4, -0.2) is 18.6 Å². The van der Waals surface area contributed by atoms with Crippen LogP contribution in [0.3, 0.4) is 0 Å². The molecule has 0 heterocycles. The average molecular weight is 194 g/mol. The van der Waals surface area contributed by atoms with Gasteiger partial charge in [-0.25, -0.2) is 0 Å². The predicted molar refractivity (Wildman–Crippen MR) is 60.5 cm³/mol. The van der Waals surface area contributed by atoms with Crippen LogP contribution < -0.4 is 17.2 Å². The molecule has 1 atom stereocenters. The maximum atomic E-state index is 5.71. The zero-order valence-corrected chi connectivity index (χ0v) is 8.70. The standard InChI is InChI=1S/C10H18N4/c1-7(14(2)6-11)8-3-9(12)5-10(13)4-8/h3-5,7H,6,11-13H2,1-2H3. The van der Waals surface area contributed by atoms with E-state index >= 15 is 0 Å². The summed E-state index contributed by atoms with van der Waals surface area (Å²) in [7, 11) is 1.96. The summed E-state index contributed by atoms with van der Waals surface area (Å²) in [4.78, 5) is 2.02. The fraction of sp³-hybridized carbons (Fsp3) is 0.400. The van der Waals surface area contributed by atoms with Crippen LogP contribution in [0.15, 0.2) is 18.2 Å². The van der Waals surface area contributed by atoms with E-state index in [-0.39, 0.29) is 6.04 Å². The second kappa shape index (κ2) is 4.30. The van der Waals surface area contributed by atoms with Crippen LogP contribution in [0, 0.1) is 0 Å². The lowest BCUT2D eigenvalue weighted by molar-refractivity contribution is 0.269. The number of anilines is 2. The SMILES string of the molecule is CC(c1cc(N)cc(N)c1)N(C)CN. The van der Waals surface area contributed by atoms with E-state index in [1.54, 1.807) is 6.07 Å². The summed E-state index contributed by atoms with van der Waals surface area (Å²) >= 11 is 0. The summed E-state index contributed by atoms with van der Waals surface area (Å²) in [6.45, 7) is 2.58. The lowest BCUT2D eigenvalue weighted by atomic mass is 10.1. The number of hydrogen-bond acceptors (Lipinski definition) is 4. The molecule has 1 unspecified atom stereocenters. The Morgan fingerprint density at radius 1 is 1.21 bits per heavy atom. The number of hydrogen-bond donors (Lipinski definition) is 3. The topological polar surface area (TPSA) is 81.3 Å². The maximum absolute atomic E-state index is 5.71. The molecule has 0 bridgehead atoms. The first-order chi connectivity index (χ1) is 6.54. The Kier molecular flexibility index (Phi) is 3.33. The van der Waals surface area contributed by atoms with Gasteiger partial charge in [0.05, 0.1) is 0 Å². The van der Waals surface area contributed by atoms with E-state index in [0.29, 0.717) is 18.0 Å². The van der Waals surface area contributed by atoms with E-state index in [1.807, 2.05) is 24.1 Å². The lowest BCUT2D eigenvalue weighted by Crippen LogP contribution is -2.28. The summed E-state index contributed by atoms with van der Waals surface area (Å²) in [5, 5.41) is 0. The first-order valence-corrected chi connectivity index (χ1v) is 4.61. The summed E-state index contributed by atoms with van der Waals surface area (Å²) in [5.74, 6) is 0. The summed E-state index contributed by atoms with van der Waals surface area (Å²) in [6, 6.07) is 5.82. The van der Waals surface area contributed by atoms with Gasteiger partial charge in [-0.2, -0.15) is 0 Å². The molecule has 0 amide bonds. The highest BCUT2D eigenvalue weighted by atomic mass is 15.2. The molecule has 0 aliphatic heterocycles. The second-order valence-corrected chi connectivity index (χ2v) is 3.55. The molecule has 1 rings (SSSR count). The van der Waals surface area contributed by atoms with Crippen molar-refractivity contribution in [1.82, 2.24) is 4.90 Å². The van der Waals surface area contributed by atoms with Crippen molar-refractivity contribution in [3.63, 3.8) is 0 Å². The molecule has 0 radical (unpaired) electrons. The molecule has 0 saturated carbocycles. The first-order valence-electron chi connectivity index (χ1n) is 4.61. The van der Waals surface area contributed by atoms with Gasteiger partial charge in [0.2, 0.25) is 0 Å². The zero-order chi connectivity index (χ0) is 10.7. The molecule has 4 heteroatoms. The molecule has 4 nitrogen and oxygen atoms in total. The molecular formula is C10H18N4. The predicted octanol–water partition coefficient (Wildman–Crippen LogP) is 0.760. The van der Waals surface area contributed by atoms with Crippen LogP contribution in [0.4, 0.5) is 11.4 Å². The van der Waals surface area contributed by atoms with Gasteiger partial charge in [-0.1, -0.05) is 0 Å². The van der Waals surface area contributed by atoms with Crippen molar-refractivity contribution in [1.29, 1.82) is 0 Å². The zero-order valence-electron chi connectivity index (χ0n) is 8.70. The fourth-order valence-corrected chi connectivity index (χ4v) is 1.36. The molecule has 1 aromatic carbocycles. The fourth-order valence-electron chi connectivity index (χ4n) is 1.36. The summed E-state index contributed by atoms with van der Waals surface area (Å²) in [6.07, 6.45) is 0. The Bertz CT molecular complexity index is 291. The minimum absolute atomic E-state index is 0.228. The number of rotatable bonds is 3. The summed E-state index contributed by atoms with van der Waals surface area (Å²) in [5.41, 5.74) is 19.4. The highest BCUT2D eigenvalue weighted by molar-refractivity contribution is 5.54. The normalized spacial score (nSPS) is 13.1. The molecule has 1 aromatic rings. The van der Waals surface area contributed by atoms with E-state index in [0.717, 1.165) is 5.56 Å². The quantitative estimate of drug-likeness (QED) is 0.490. The van der Waals surface area contributed by atoms with Gasteiger partial charge >= 0.3 is 0 Å². The minimum Gasteiger partial charge on any atom is -0.399 e. The van der Waals surface area contributed by atoms with Crippen LogP contribution >= 0.6 is 0 Å². The van der Waals surface area contributed by atoms with Gasteiger partial charge in [0.15, 0.2) is 0 Å². The Morgan fingerprint density at radius 3 is 2.14 bits per heavy atom. The number of benzene rings is 1. The second-order valence-electron chi connectivity index (χ2n) is 3.55. The van der Waals surface area contributed by atoms with Crippen molar-refractivity contribution in [2.75, 3.05) is 25.2 Å². The molecule has 0 fully saturated rings. The van der Waals surface area contributed by atoms with Gasteiger partial charge in [-0.3, -0.25) is 4.90 Å². The van der Waals surface area contributed by atoms with Crippen molar-refractivity contribution in [2.45, 2.75) is 13.0 Å². The molecule has 6 N–H and O–H groups in total. The Hall–Kier alpha value is -1.26. The van der Waals surface area contributed by atoms with Crippen molar-refractivity contribution in [3.8, 4) is 0 Å². The third-order valence-corrected chi connectivity index (χ3v) is 2.43. The van der Waals surface area contributed by atoms with E-state index in [2.05, 4.69) is 6.92 Å². The van der Waals surface area contributed by atoms with Crippen molar-refractivity contribution in [2.24, 2.45) is 5.73 Å². The highest BCUT2D eigenvalue weighted by Crippen LogP contribution is 2.22. The molecule has 0 aliphatic carbocycles. The van der Waals surface area contributed by atoms with Crippen LogP contribution in [0.5, 0.6) is 0 Å². The van der Waals surface area contributed by atoms with Crippen LogP contribution in [0.25, 0.3) is 0 Å². The van der Waals surface area contributed by atoms with Crippen LogP contribution in [0.1, 0.15) is 18.5 Å². The van der Waals surface area contributed by atoms with Gasteiger partial charge in [0.25, 0.3) is 0 Å². The Labute approximate surface area is 84.7 Å². The molecule has 0 aliphatic rings. The monoisotopic (exact) mass is 194 g/mol. The summed E-state index contributed by atoms with van der Waals surface area (Å²) < 4.78 is 0. The molecular weight excluding hydrogens is 176 g/mol. The minimum atomic E-state index is 0.228. The molecule has 0 saturated heterocycles. The first kappa shape index (κ1) is 10.8. The molecule has 0 aromatic heterocycles. The molecule has 78 valence electrons. The third kappa shape index (κ3) is 2.37. The largest absolute Gasteiger partial charge is 0.399 e. The smallest absolute Gasteiger partial charge is 0.0457 e. The van der Waals surface area contributed by atoms with E-state index in [9.17, 15) is 0 Å². The van der Waals surface area contributed by atoms with E-state index in [1.165, 1.54) is 0 Å².